The summed E-state index contributed by atoms with van der Waals surface area (Å²) in [6.07, 6.45) is 0.877. The fourth-order valence-electron chi connectivity index (χ4n) is 1.78. The number of rotatable bonds is 4. The van der Waals surface area contributed by atoms with Crippen molar-refractivity contribution >= 4 is 12.1 Å². The first kappa shape index (κ1) is 11.4. The molecule has 0 bridgehead atoms. The first-order chi connectivity index (χ1) is 8.29. The first-order valence-corrected chi connectivity index (χ1v) is 5.62. The van der Waals surface area contributed by atoms with Gasteiger partial charge in [-0.1, -0.05) is 42.5 Å². The third kappa shape index (κ3) is 2.94. The minimum atomic E-state index is 0.605. The molecule has 2 rings (SSSR count). The van der Waals surface area contributed by atoms with Crippen molar-refractivity contribution in [2.24, 2.45) is 0 Å². The van der Waals surface area contributed by atoms with E-state index < -0.39 is 0 Å². The lowest BCUT2D eigenvalue weighted by molar-refractivity contribution is -0.107. The Hall–Kier alpha value is -2.09. The normalized spacial score (nSPS) is 9.94. The van der Waals surface area contributed by atoms with Gasteiger partial charge in [0.1, 0.15) is 0 Å². The molecule has 0 radical (unpaired) electrons. The van der Waals surface area contributed by atoms with E-state index in [2.05, 4.69) is 0 Å². The van der Waals surface area contributed by atoms with Crippen LogP contribution in [0.5, 0.6) is 0 Å². The highest BCUT2D eigenvalue weighted by Crippen LogP contribution is 2.16. The van der Waals surface area contributed by atoms with E-state index >= 15 is 0 Å². The average molecular weight is 225 g/mol. The van der Waals surface area contributed by atoms with Crippen LogP contribution in [-0.4, -0.2) is 6.41 Å². The Morgan fingerprint density at radius 1 is 1.06 bits per heavy atom. The molecule has 0 aliphatic rings. The monoisotopic (exact) mass is 225 g/mol. The summed E-state index contributed by atoms with van der Waals surface area (Å²) in [5.41, 5.74) is 3.22. The molecule has 2 aromatic rings. The molecule has 0 aliphatic carbocycles. The molecule has 0 N–H and O–H groups in total. The van der Waals surface area contributed by atoms with Crippen LogP contribution in [0.1, 0.15) is 11.1 Å². The van der Waals surface area contributed by atoms with E-state index in [1.165, 1.54) is 0 Å². The molecule has 0 unspecified atom stereocenters. The van der Waals surface area contributed by atoms with Crippen LogP contribution in [0.4, 0.5) is 5.69 Å². The zero-order chi connectivity index (χ0) is 12.1. The van der Waals surface area contributed by atoms with Crippen molar-refractivity contribution in [1.82, 2.24) is 0 Å². The van der Waals surface area contributed by atoms with Gasteiger partial charge in [0.2, 0.25) is 6.41 Å². The largest absolute Gasteiger partial charge is 0.311 e. The van der Waals surface area contributed by atoms with Gasteiger partial charge in [-0.3, -0.25) is 4.79 Å². The molecule has 0 heterocycles. The standard InChI is InChI=1S/C15H15NO/c1-13-6-5-9-15(10-13)16(12-17)11-14-7-3-2-4-8-14/h2-10,12H,11H2,1H3. The fraction of sp³-hybridized carbons (Fsp3) is 0.133. The van der Waals surface area contributed by atoms with E-state index in [1.807, 2.05) is 61.5 Å². The zero-order valence-electron chi connectivity index (χ0n) is 9.84. The molecule has 0 aromatic heterocycles. The van der Waals surface area contributed by atoms with E-state index in [4.69, 9.17) is 0 Å². The second kappa shape index (κ2) is 5.30. The molecule has 0 atom stereocenters. The number of anilines is 1. The number of aryl methyl sites for hydroxylation is 1. The SMILES string of the molecule is Cc1cccc(N(C=O)Cc2ccccc2)c1. The number of amides is 1. The summed E-state index contributed by atoms with van der Waals surface area (Å²) in [5, 5.41) is 0. The summed E-state index contributed by atoms with van der Waals surface area (Å²) in [5.74, 6) is 0. The van der Waals surface area contributed by atoms with Crippen molar-refractivity contribution in [2.75, 3.05) is 4.90 Å². The molecule has 0 saturated heterocycles. The minimum Gasteiger partial charge on any atom is -0.311 e. The summed E-state index contributed by atoms with van der Waals surface area (Å²) in [7, 11) is 0. The highest BCUT2D eigenvalue weighted by Gasteiger charge is 2.05. The fourth-order valence-corrected chi connectivity index (χ4v) is 1.78. The summed E-state index contributed by atoms with van der Waals surface area (Å²) < 4.78 is 0. The Kier molecular flexibility index (Phi) is 3.55. The third-order valence-electron chi connectivity index (χ3n) is 2.66. The maximum Gasteiger partial charge on any atom is 0.214 e. The highest BCUT2D eigenvalue weighted by atomic mass is 16.1. The number of nitrogens with zero attached hydrogens (tertiary/aromatic N) is 1. The van der Waals surface area contributed by atoms with Gasteiger partial charge in [-0.2, -0.15) is 0 Å². The Balaban J connectivity index is 2.20. The molecular formula is C15H15NO. The van der Waals surface area contributed by atoms with Gasteiger partial charge >= 0.3 is 0 Å². The second-order valence-corrected chi connectivity index (χ2v) is 4.06. The Morgan fingerprint density at radius 2 is 1.82 bits per heavy atom. The van der Waals surface area contributed by atoms with Crippen molar-refractivity contribution in [2.45, 2.75) is 13.5 Å². The quantitative estimate of drug-likeness (QED) is 0.732. The highest BCUT2D eigenvalue weighted by molar-refractivity contribution is 5.75. The van der Waals surface area contributed by atoms with E-state index in [0.717, 1.165) is 23.2 Å². The maximum absolute atomic E-state index is 11.1. The lowest BCUT2D eigenvalue weighted by Crippen LogP contribution is -2.20. The van der Waals surface area contributed by atoms with E-state index in [-0.39, 0.29) is 0 Å². The number of benzene rings is 2. The van der Waals surface area contributed by atoms with Gasteiger partial charge in [-0.15, -0.1) is 0 Å². The Bertz CT molecular complexity index is 493. The van der Waals surface area contributed by atoms with E-state index in [9.17, 15) is 4.79 Å². The van der Waals surface area contributed by atoms with Crippen molar-refractivity contribution < 1.29 is 4.79 Å². The summed E-state index contributed by atoms with van der Waals surface area (Å²) in [6.45, 7) is 2.63. The summed E-state index contributed by atoms with van der Waals surface area (Å²) >= 11 is 0. The van der Waals surface area contributed by atoms with Gasteiger partial charge in [0.25, 0.3) is 0 Å². The van der Waals surface area contributed by atoms with Crippen LogP contribution in [0, 0.1) is 6.92 Å². The minimum absolute atomic E-state index is 0.605. The lowest BCUT2D eigenvalue weighted by Gasteiger charge is -2.17. The number of carbonyl (C=O) groups is 1. The average Bonchev–Trinajstić information content (AvgIpc) is 2.37. The van der Waals surface area contributed by atoms with Crippen molar-refractivity contribution in [3.05, 3.63) is 65.7 Å². The molecule has 0 aliphatic heterocycles. The maximum atomic E-state index is 11.1. The molecule has 0 fully saturated rings. The van der Waals surface area contributed by atoms with Crippen LogP contribution in [0.25, 0.3) is 0 Å². The topological polar surface area (TPSA) is 20.3 Å². The summed E-state index contributed by atoms with van der Waals surface area (Å²) in [6, 6.07) is 17.9. The lowest BCUT2D eigenvalue weighted by atomic mass is 10.2. The Labute approximate surface area is 102 Å². The second-order valence-electron chi connectivity index (χ2n) is 4.06. The molecule has 1 amide bonds. The summed E-state index contributed by atoms with van der Waals surface area (Å²) in [4.78, 5) is 12.9. The number of hydrogen-bond donors (Lipinski definition) is 0. The van der Waals surface area contributed by atoms with Gasteiger partial charge in [-0.25, -0.2) is 0 Å². The van der Waals surface area contributed by atoms with Crippen LogP contribution in [0.2, 0.25) is 0 Å². The van der Waals surface area contributed by atoms with Crippen LogP contribution in [-0.2, 0) is 11.3 Å². The smallest absolute Gasteiger partial charge is 0.214 e. The van der Waals surface area contributed by atoms with Gasteiger partial charge < -0.3 is 4.90 Å². The van der Waals surface area contributed by atoms with Crippen LogP contribution < -0.4 is 4.90 Å². The third-order valence-corrected chi connectivity index (χ3v) is 2.66. The van der Waals surface area contributed by atoms with Crippen LogP contribution in [0.3, 0.4) is 0 Å². The Morgan fingerprint density at radius 3 is 2.47 bits per heavy atom. The number of hydrogen-bond acceptors (Lipinski definition) is 1. The van der Waals surface area contributed by atoms with Crippen LogP contribution in [0.15, 0.2) is 54.6 Å². The molecule has 86 valence electrons. The van der Waals surface area contributed by atoms with Gasteiger partial charge in [0.15, 0.2) is 0 Å². The molecule has 2 heteroatoms. The predicted molar refractivity (Wildman–Crippen MR) is 69.9 cm³/mol. The molecule has 0 spiro atoms. The van der Waals surface area contributed by atoms with Gasteiger partial charge in [0, 0.05) is 5.69 Å². The first-order valence-electron chi connectivity index (χ1n) is 5.62. The molecule has 0 saturated carbocycles. The molecular weight excluding hydrogens is 210 g/mol. The van der Waals surface area contributed by atoms with Crippen molar-refractivity contribution in [3.8, 4) is 0 Å². The van der Waals surface area contributed by atoms with Gasteiger partial charge in [0.05, 0.1) is 6.54 Å². The molecule has 2 aromatic carbocycles. The van der Waals surface area contributed by atoms with Crippen molar-refractivity contribution in [1.29, 1.82) is 0 Å². The van der Waals surface area contributed by atoms with Crippen LogP contribution >= 0.6 is 0 Å². The van der Waals surface area contributed by atoms with E-state index in [0.29, 0.717) is 6.54 Å². The zero-order valence-corrected chi connectivity index (χ0v) is 9.84. The molecule has 2 nitrogen and oxygen atoms in total. The van der Waals surface area contributed by atoms with E-state index in [1.54, 1.807) is 4.90 Å². The molecule has 17 heavy (non-hydrogen) atoms. The predicted octanol–water partition coefficient (Wildman–Crippen LogP) is 3.16. The van der Waals surface area contributed by atoms with Gasteiger partial charge in [-0.05, 0) is 30.2 Å². The number of carbonyl (C=O) groups excluding carboxylic acids is 1. The van der Waals surface area contributed by atoms with Crippen molar-refractivity contribution in [3.63, 3.8) is 0 Å².